The van der Waals surface area contributed by atoms with Crippen molar-refractivity contribution in [2.45, 2.75) is 33.1 Å². The summed E-state index contributed by atoms with van der Waals surface area (Å²) in [6.07, 6.45) is 3.80. The van der Waals surface area contributed by atoms with Crippen LogP contribution in [-0.2, 0) is 4.74 Å². The molecule has 0 aromatic heterocycles. The molecule has 1 aromatic carbocycles. The smallest absolute Gasteiger partial charge is 0.338 e. The Hall–Kier alpha value is -1.91. The van der Waals surface area contributed by atoms with Crippen molar-refractivity contribution in [1.82, 2.24) is 0 Å². The molecule has 22 heavy (non-hydrogen) atoms. The maximum absolute atomic E-state index is 12.1. The molecule has 0 radical (unpaired) electrons. The van der Waals surface area contributed by atoms with E-state index >= 15 is 0 Å². The van der Waals surface area contributed by atoms with Gasteiger partial charge in [-0.2, -0.15) is 0 Å². The van der Waals surface area contributed by atoms with E-state index in [1.165, 1.54) is 43.5 Å². The van der Waals surface area contributed by atoms with Gasteiger partial charge in [0.2, 0.25) is 0 Å². The predicted molar refractivity (Wildman–Crippen MR) is 81.5 cm³/mol. The van der Waals surface area contributed by atoms with E-state index in [-0.39, 0.29) is 11.1 Å². The molecule has 3 atom stereocenters. The summed E-state index contributed by atoms with van der Waals surface area (Å²) in [6, 6.07) is 5.56. The molecule has 5 nitrogen and oxygen atoms in total. The number of nitrogens with zero attached hydrogens (tertiary/aromatic N) is 1. The Bertz CT molecular complexity index is 593. The minimum Gasteiger partial charge on any atom is -0.462 e. The van der Waals surface area contributed by atoms with Crippen molar-refractivity contribution in [2.24, 2.45) is 23.2 Å². The van der Waals surface area contributed by atoms with Crippen LogP contribution in [0.4, 0.5) is 5.69 Å². The zero-order valence-electron chi connectivity index (χ0n) is 13.0. The molecule has 118 valence electrons. The fraction of sp³-hybridized carbons (Fsp3) is 0.588. The van der Waals surface area contributed by atoms with Gasteiger partial charge in [0.15, 0.2) is 0 Å². The van der Waals surface area contributed by atoms with Crippen LogP contribution in [0, 0.1) is 33.3 Å². The van der Waals surface area contributed by atoms with Gasteiger partial charge in [0.1, 0.15) is 0 Å². The van der Waals surface area contributed by atoms with E-state index in [1.807, 2.05) is 0 Å². The Balaban J connectivity index is 1.62. The third kappa shape index (κ3) is 2.49. The number of nitro benzene ring substituents is 1. The molecule has 5 heteroatoms. The molecule has 0 N–H and O–H groups in total. The van der Waals surface area contributed by atoms with E-state index in [0.29, 0.717) is 24.0 Å². The van der Waals surface area contributed by atoms with Crippen LogP contribution in [0.2, 0.25) is 0 Å². The SMILES string of the molecule is CC1(C)[C@@H]2CC[C@H](C2)[C@@H]1COC(=O)c1ccc([N+](=O)[O-])cc1. The molecule has 0 saturated heterocycles. The van der Waals surface area contributed by atoms with Gasteiger partial charge < -0.3 is 4.74 Å². The topological polar surface area (TPSA) is 69.4 Å². The summed E-state index contributed by atoms with van der Waals surface area (Å²) in [5.74, 6) is 1.45. The molecule has 0 spiro atoms. The number of rotatable bonds is 4. The number of nitro groups is 1. The van der Waals surface area contributed by atoms with Gasteiger partial charge in [-0.25, -0.2) is 4.79 Å². The van der Waals surface area contributed by atoms with Crippen LogP contribution in [0.15, 0.2) is 24.3 Å². The Kier molecular flexibility index (Phi) is 3.67. The van der Waals surface area contributed by atoms with Crippen LogP contribution < -0.4 is 0 Å². The summed E-state index contributed by atoms with van der Waals surface area (Å²) < 4.78 is 5.49. The normalized spacial score (nSPS) is 28.5. The second kappa shape index (κ2) is 5.38. The highest BCUT2D eigenvalue weighted by Gasteiger charge is 2.52. The summed E-state index contributed by atoms with van der Waals surface area (Å²) in [7, 11) is 0. The monoisotopic (exact) mass is 303 g/mol. The summed E-state index contributed by atoms with van der Waals surface area (Å²) in [6.45, 7) is 5.01. The third-order valence-corrected chi connectivity index (χ3v) is 5.76. The molecular weight excluding hydrogens is 282 g/mol. The van der Waals surface area contributed by atoms with Crippen LogP contribution in [0.5, 0.6) is 0 Å². The number of benzene rings is 1. The number of carbonyl (C=O) groups excluding carboxylic acids is 1. The van der Waals surface area contributed by atoms with E-state index < -0.39 is 10.9 Å². The molecule has 2 aliphatic carbocycles. The number of esters is 1. The average Bonchev–Trinajstić information content (AvgIpc) is 3.05. The molecule has 0 amide bonds. The van der Waals surface area contributed by atoms with Crippen LogP contribution in [0.3, 0.4) is 0 Å². The summed E-state index contributed by atoms with van der Waals surface area (Å²) in [5.41, 5.74) is 0.580. The highest BCUT2D eigenvalue weighted by Crippen LogP contribution is 2.59. The largest absolute Gasteiger partial charge is 0.462 e. The predicted octanol–water partition coefficient (Wildman–Crippen LogP) is 3.82. The molecule has 1 aromatic rings. The minimum absolute atomic E-state index is 0.0224. The molecule has 2 aliphatic rings. The first-order chi connectivity index (χ1) is 10.4. The van der Waals surface area contributed by atoms with Crippen molar-refractivity contribution >= 4 is 11.7 Å². The number of ether oxygens (including phenoxy) is 1. The highest BCUT2D eigenvalue weighted by atomic mass is 16.6. The second-order valence-electron chi connectivity index (χ2n) is 7.10. The van der Waals surface area contributed by atoms with Crippen molar-refractivity contribution in [3.8, 4) is 0 Å². The number of hydrogen-bond acceptors (Lipinski definition) is 4. The zero-order chi connectivity index (χ0) is 15.9. The maximum atomic E-state index is 12.1. The lowest BCUT2D eigenvalue weighted by atomic mass is 9.69. The molecule has 2 bridgehead atoms. The van der Waals surface area contributed by atoms with E-state index in [4.69, 9.17) is 4.74 Å². The Morgan fingerprint density at radius 2 is 2.00 bits per heavy atom. The van der Waals surface area contributed by atoms with E-state index in [1.54, 1.807) is 0 Å². The number of fused-ring (bicyclic) bond motifs is 2. The average molecular weight is 303 g/mol. The third-order valence-electron chi connectivity index (χ3n) is 5.76. The lowest BCUT2D eigenvalue weighted by Gasteiger charge is -2.37. The summed E-state index contributed by atoms with van der Waals surface area (Å²) in [5, 5.41) is 10.6. The second-order valence-corrected chi connectivity index (χ2v) is 7.10. The van der Waals surface area contributed by atoms with Gasteiger partial charge in [-0.05, 0) is 48.6 Å². The van der Waals surface area contributed by atoms with E-state index in [0.717, 1.165) is 5.92 Å². The standard InChI is InChI=1S/C17H21NO4/c1-17(2)13-6-3-12(9-13)15(17)10-22-16(19)11-4-7-14(8-5-11)18(20)21/h4-5,7-8,12-13,15H,3,6,9-10H2,1-2H3/t12-,13-,15+/m1/s1. The highest BCUT2D eigenvalue weighted by molar-refractivity contribution is 5.89. The quantitative estimate of drug-likeness (QED) is 0.481. The van der Waals surface area contributed by atoms with Gasteiger partial charge in [0, 0.05) is 18.1 Å². The molecule has 0 aliphatic heterocycles. The number of non-ortho nitro benzene ring substituents is 1. The maximum Gasteiger partial charge on any atom is 0.338 e. The Morgan fingerprint density at radius 1 is 1.32 bits per heavy atom. The van der Waals surface area contributed by atoms with Gasteiger partial charge >= 0.3 is 5.97 Å². The molecule has 2 fully saturated rings. The lowest BCUT2D eigenvalue weighted by Crippen LogP contribution is -2.34. The summed E-state index contributed by atoms with van der Waals surface area (Å²) >= 11 is 0. The van der Waals surface area contributed by atoms with Gasteiger partial charge in [0.05, 0.1) is 17.1 Å². The van der Waals surface area contributed by atoms with Crippen molar-refractivity contribution in [2.75, 3.05) is 6.61 Å². The molecule has 2 saturated carbocycles. The fourth-order valence-corrected chi connectivity index (χ4v) is 4.29. The van der Waals surface area contributed by atoms with Gasteiger partial charge in [-0.15, -0.1) is 0 Å². The first-order valence-electron chi connectivity index (χ1n) is 7.81. The van der Waals surface area contributed by atoms with Crippen molar-refractivity contribution in [1.29, 1.82) is 0 Å². The van der Waals surface area contributed by atoms with Crippen molar-refractivity contribution < 1.29 is 14.5 Å². The first kappa shape index (κ1) is 15.0. The molecule has 0 heterocycles. The van der Waals surface area contributed by atoms with Crippen LogP contribution in [0.25, 0.3) is 0 Å². The van der Waals surface area contributed by atoms with Gasteiger partial charge in [-0.3, -0.25) is 10.1 Å². The molecule has 0 unspecified atom stereocenters. The van der Waals surface area contributed by atoms with Crippen LogP contribution in [0.1, 0.15) is 43.5 Å². The molecular formula is C17H21NO4. The first-order valence-corrected chi connectivity index (χ1v) is 7.81. The lowest BCUT2D eigenvalue weighted by molar-refractivity contribution is -0.384. The van der Waals surface area contributed by atoms with Crippen LogP contribution >= 0.6 is 0 Å². The van der Waals surface area contributed by atoms with Gasteiger partial charge in [0.25, 0.3) is 5.69 Å². The van der Waals surface area contributed by atoms with Gasteiger partial charge in [-0.1, -0.05) is 13.8 Å². The minimum atomic E-state index is -0.479. The van der Waals surface area contributed by atoms with E-state index in [2.05, 4.69) is 13.8 Å². The fourth-order valence-electron chi connectivity index (χ4n) is 4.29. The molecule has 3 rings (SSSR count). The number of hydrogen-bond donors (Lipinski definition) is 0. The Labute approximate surface area is 129 Å². The Morgan fingerprint density at radius 3 is 2.55 bits per heavy atom. The van der Waals surface area contributed by atoms with Crippen molar-refractivity contribution in [3.63, 3.8) is 0 Å². The zero-order valence-corrected chi connectivity index (χ0v) is 13.0. The van der Waals surface area contributed by atoms with E-state index in [9.17, 15) is 14.9 Å². The number of carbonyl (C=O) groups is 1. The van der Waals surface area contributed by atoms with Crippen molar-refractivity contribution in [3.05, 3.63) is 39.9 Å². The summed E-state index contributed by atoms with van der Waals surface area (Å²) in [4.78, 5) is 22.2. The van der Waals surface area contributed by atoms with Crippen LogP contribution in [-0.4, -0.2) is 17.5 Å².